The molecule has 0 bridgehead atoms. The van der Waals surface area contributed by atoms with Gasteiger partial charge in [-0.1, -0.05) is 12.1 Å². The average molecular weight is 303 g/mol. The molecular formula is C15H17N3O4. The molecule has 0 spiro atoms. The average Bonchev–Trinajstić information content (AvgIpc) is 3.07. The first-order valence-electron chi connectivity index (χ1n) is 6.96. The number of benzene rings is 1. The third kappa shape index (κ3) is 3.89. The topological polar surface area (TPSA) is 114 Å². The van der Waals surface area contributed by atoms with Gasteiger partial charge in [0.1, 0.15) is 5.78 Å². The second kappa shape index (κ2) is 7.66. The molecule has 1 heterocycles. The summed E-state index contributed by atoms with van der Waals surface area (Å²) in [6.45, 7) is 0.662. The van der Waals surface area contributed by atoms with Gasteiger partial charge in [-0.05, 0) is 24.1 Å². The Labute approximate surface area is 127 Å². The number of carbonyl (C=O) groups is 2. The summed E-state index contributed by atoms with van der Waals surface area (Å²) in [6, 6.07) is 8.83. The van der Waals surface area contributed by atoms with E-state index < -0.39 is 11.9 Å². The number of rotatable bonds is 6. The summed E-state index contributed by atoms with van der Waals surface area (Å²) >= 11 is 0. The summed E-state index contributed by atoms with van der Waals surface area (Å²) in [4.78, 5) is 33.1. The Bertz CT molecular complexity index is 573. The van der Waals surface area contributed by atoms with Crippen LogP contribution >= 0.6 is 0 Å². The van der Waals surface area contributed by atoms with Crippen molar-refractivity contribution >= 4 is 11.8 Å². The minimum absolute atomic E-state index is 0.0283. The SMILES string of the molecule is N#Cc1ccc(C(C(=O)CCC(=O)ON)C2CCNO2)cc1. The number of carbonyl (C=O) groups excluding carboxylic acids is 2. The minimum atomic E-state index is -0.627. The summed E-state index contributed by atoms with van der Waals surface area (Å²) < 4.78 is 0. The zero-order chi connectivity index (χ0) is 15.9. The third-order valence-electron chi connectivity index (χ3n) is 3.59. The zero-order valence-corrected chi connectivity index (χ0v) is 12.0. The van der Waals surface area contributed by atoms with Gasteiger partial charge in [-0.25, -0.2) is 5.48 Å². The lowest BCUT2D eigenvalue weighted by Gasteiger charge is -2.21. The van der Waals surface area contributed by atoms with Crippen molar-refractivity contribution in [2.24, 2.45) is 5.90 Å². The van der Waals surface area contributed by atoms with Crippen LogP contribution in [0.25, 0.3) is 0 Å². The van der Waals surface area contributed by atoms with Gasteiger partial charge in [-0.15, -0.1) is 0 Å². The molecule has 0 radical (unpaired) electrons. The van der Waals surface area contributed by atoms with E-state index in [9.17, 15) is 9.59 Å². The molecule has 2 unspecified atom stereocenters. The standard InChI is InChI=1S/C15H17N3O4/c16-9-10-1-3-11(4-2-10)15(13-7-8-18-22-13)12(19)5-6-14(20)21-17/h1-4,13,15,18H,5-8,17H2. The second-order valence-corrected chi connectivity index (χ2v) is 5.01. The van der Waals surface area contributed by atoms with Gasteiger partial charge in [-0.2, -0.15) is 11.2 Å². The number of hydrogen-bond donors (Lipinski definition) is 2. The quantitative estimate of drug-likeness (QED) is 0.743. The van der Waals surface area contributed by atoms with Crippen LogP contribution in [0.2, 0.25) is 0 Å². The van der Waals surface area contributed by atoms with E-state index in [0.29, 0.717) is 18.5 Å². The Kier molecular flexibility index (Phi) is 5.61. The molecular weight excluding hydrogens is 286 g/mol. The van der Waals surface area contributed by atoms with Crippen LogP contribution in [0, 0.1) is 11.3 Å². The molecule has 1 aliphatic heterocycles. The van der Waals surface area contributed by atoms with E-state index in [1.807, 2.05) is 6.07 Å². The normalized spacial score (nSPS) is 18.5. The van der Waals surface area contributed by atoms with E-state index in [4.69, 9.17) is 16.0 Å². The first-order chi connectivity index (χ1) is 10.7. The fourth-order valence-corrected chi connectivity index (χ4v) is 2.47. The first-order valence-corrected chi connectivity index (χ1v) is 6.96. The molecule has 1 saturated heterocycles. The van der Waals surface area contributed by atoms with Crippen LogP contribution in [0.15, 0.2) is 24.3 Å². The molecule has 116 valence electrons. The molecule has 22 heavy (non-hydrogen) atoms. The molecule has 0 aromatic heterocycles. The van der Waals surface area contributed by atoms with Crippen molar-refractivity contribution in [2.75, 3.05) is 6.54 Å². The van der Waals surface area contributed by atoms with Crippen molar-refractivity contribution in [2.45, 2.75) is 31.3 Å². The lowest BCUT2D eigenvalue weighted by molar-refractivity contribution is -0.145. The highest BCUT2D eigenvalue weighted by atomic mass is 16.7. The highest BCUT2D eigenvalue weighted by Gasteiger charge is 2.33. The molecule has 1 aliphatic rings. The maximum atomic E-state index is 12.5. The van der Waals surface area contributed by atoms with Gasteiger partial charge in [0.2, 0.25) is 0 Å². The van der Waals surface area contributed by atoms with Crippen LogP contribution in [0.4, 0.5) is 0 Å². The van der Waals surface area contributed by atoms with Crippen molar-refractivity contribution in [1.82, 2.24) is 5.48 Å². The molecule has 0 saturated carbocycles. The first kappa shape index (κ1) is 16.1. The molecule has 0 aliphatic carbocycles. The third-order valence-corrected chi connectivity index (χ3v) is 3.59. The molecule has 1 aromatic rings. The van der Waals surface area contributed by atoms with E-state index in [0.717, 1.165) is 5.56 Å². The van der Waals surface area contributed by atoms with E-state index in [-0.39, 0.29) is 24.7 Å². The van der Waals surface area contributed by atoms with E-state index in [2.05, 4.69) is 10.3 Å². The molecule has 2 atom stereocenters. The molecule has 0 amide bonds. The molecule has 7 heteroatoms. The predicted molar refractivity (Wildman–Crippen MR) is 75.9 cm³/mol. The van der Waals surface area contributed by atoms with Gasteiger partial charge >= 0.3 is 5.97 Å². The molecule has 1 fully saturated rings. The number of nitriles is 1. The van der Waals surface area contributed by atoms with E-state index in [1.54, 1.807) is 24.3 Å². The maximum absolute atomic E-state index is 12.5. The highest BCUT2D eigenvalue weighted by molar-refractivity contribution is 5.89. The Hall–Kier alpha value is -2.27. The van der Waals surface area contributed by atoms with Crippen molar-refractivity contribution in [1.29, 1.82) is 5.26 Å². The maximum Gasteiger partial charge on any atom is 0.324 e. The van der Waals surface area contributed by atoms with Gasteiger partial charge in [0.05, 0.1) is 30.1 Å². The molecule has 2 rings (SSSR count). The predicted octanol–water partition coefficient (Wildman–Crippen LogP) is 0.702. The molecule has 7 nitrogen and oxygen atoms in total. The number of nitrogens with zero attached hydrogens (tertiary/aromatic N) is 1. The Morgan fingerprint density at radius 2 is 2.14 bits per heavy atom. The summed E-state index contributed by atoms with van der Waals surface area (Å²) in [7, 11) is 0. The largest absolute Gasteiger partial charge is 0.373 e. The number of nitrogens with one attached hydrogen (secondary N) is 1. The number of nitrogens with two attached hydrogens (primary N) is 1. The van der Waals surface area contributed by atoms with Gasteiger partial charge in [-0.3, -0.25) is 14.4 Å². The summed E-state index contributed by atoms with van der Waals surface area (Å²) in [5.74, 6) is 3.53. The van der Waals surface area contributed by atoms with Crippen LogP contribution < -0.4 is 11.4 Å². The smallest absolute Gasteiger partial charge is 0.324 e. The highest BCUT2D eigenvalue weighted by Crippen LogP contribution is 2.28. The van der Waals surface area contributed by atoms with Crippen LogP contribution in [0.3, 0.4) is 0 Å². The Morgan fingerprint density at radius 1 is 1.41 bits per heavy atom. The van der Waals surface area contributed by atoms with Crippen LogP contribution in [0.5, 0.6) is 0 Å². The lowest BCUT2D eigenvalue weighted by Crippen LogP contribution is -2.27. The van der Waals surface area contributed by atoms with Crippen molar-refractivity contribution in [3.8, 4) is 6.07 Å². The molecule has 3 N–H and O–H groups in total. The Balaban J connectivity index is 2.16. The van der Waals surface area contributed by atoms with E-state index in [1.165, 1.54) is 0 Å². The fraction of sp³-hybridized carbons (Fsp3) is 0.400. The number of hydrogen-bond acceptors (Lipinski definition) is 7. The van der Waals surface area contributed by atoms with Gasteiger partial charge in [0.25, 0.3) is 0 Å². The van der Waals surface area contributed by atoms with Crippen molar-refractivity contribution in [3.63, 3.8) is 0 Å². The second-order valence-electron chi connectivity index (χ2n) is 5.01. The monoisotopic (exact) mass is 303 g/mol. The van der Waals surface area contributed by atoms with E-state index >= 15 is 0 Å². The summed E-state index contributed by atoms with van der Waals surface area (Å²) in [5.41, 5.74) is 4.04. The van der Waals surface area contributed by atoms with Gasteiger partial charge in [0.15, 0.2) is 0 Å². The number of ketones is 1. The number of Topliss-reactive ketones (excluding diaryl/α,β-unsaturated/α-hetero) is 1. The van der Waals surface area contributed by atoms with Crippen LogP contribution in [0.1, 0.15) is 36.3 Å². The summed E-state index contributed by atoms with van der Waals surface area (Å²) in [6.07, 6.45) is 0.356. The lowest BCUT2D eigenvalue weighted by atomic mass is 9.86. The molecule has 1 aromatic carbocycles. The van der Waals surface area contributed by atoms with Gasteiger partial charge < -0.3 is 4.84 Å². The fourth-order valence-electron chi connectivity index (χ4n) is 2.47. The van der Waals surface area contributed by atoms with Crippen molar-refractivity contribution < 1.29 is 19.3 Å². The van der Waals surface area contributed by atoms with Gasteiger partial charge in [0, 0.05) is 13.0 Å². The zero-order valence-electron chi connectivity index (χ0n) is 12.0. The number of hydroxylamine groups is 1. The van der Waals surface area contributed by atoms with Crippen molar-refractivity contribution in [3.05, 3.63) is 35.4 Å². The minimum Gasteiger partial charge on any atom is -0.373 e. The van der Waals surface area contributed by atoms with Crippen LogP contribution in [-0.2, 0) is 19.3 Å². The summed E-state index contributed by atoms with van der Waals surface area (Å²) in [5, 5.41) is 8.85. The van der Waals surface area contributed by atoms with Crippen LogP contribution in [-0.4, -0.2) is 24.4 Å². The Morgan fingerprint density at radius 3 is 2.68 bits per heavy atom.